The van der Waals surface area contributed by atoms with E-state index in [4.69, 9.17) is 28.4 Å². The van der Waals surface area contributed by atoms with Gasteiger partial charge in [-0.05, 0) is 121 Å². The summed E-state index contributed by atoms with van der Waals surface area (Å²) in [6.45, 7) is 2.50. The molecule has 18 heteroatoms. The minimum atomic E-state index is -3.72. The van der Waals surface area contributed by atoms with Crippen molar-refractivity contribution in [3.8, 4) is 11.5 Å². The lowest BCUT2D eigenvalue weighted by Crippen LogP contribution is -2.29. The molecule has 2 atom stereocenters. The van der Waals surface area contributed by atoms with Crippen molar-refractivity contribution < 1.29 is 54.8 Å². The molecule has 0 aliphatic heterocycles. The lowest BCUT2D eigenvalue weighted by molar-refractivity contribution is 0.0503. The first-order chi connectivity index (χ1) is 33.1. The molecule has 0 saturated heterocycles. The molecule has 0 aromatic heterocycles. The Labute approximate surface area is 398 Å². The Morgan fingerprint density at radius 3 is 1.18 bits per heavy atom. The van der Waals surface area contributed by atoms with Gasteiger partial charge >= 0.3 is 0 Å². The van der Waals surface area contributed by atoms with E-state index in [1.165, 1.54) is 46.5 Å². The second-order valence-corrected chi connectivity index (χ2v) is 19.5. The van der Waals surface area contributed by atoms with Gasteiger partial charge in [-0.1, -0.05) is 48.5 Å². The number of nitrogens with one attached hydrogen (secondary N) is 4. The topological polar surface area (TPSA) is 206 Å². The Morgan fingerprint density at radius 2 is 0.794 bits per heavy atom. The van der Waals surface area contributed by atoms with E-state index in [0.717, 1.165) is 25.7 Å². The van der Waals surface area contributed by atoms with Gasteiger partial charge in [-0.15, -0.1) is 0 Å². The fourth-order valence-electron chi connectivity index (χ4n) is 7.76. The molecule has 0 unspecified atom stereocenters. The Bertz CT molecular complexity index is 2450. The largest absolute Gasteiger partial charge is 0.486 e. The Hall–Kier alpha value is -5.70. The Balaban J connectivity index is 0.658. The van der Waals surface area contributed by atoms with Crippen LogP contribution in [0.25, 0.3) is 0 Å². The predicted octanol–water partition coefficient (Wildman–Crippen LogP) is 5.30. The number of carbonyl (C=O) groups is 2. The van der Waals surface area contributed by atoms with E-state index in [1.807, 2.05) is 24.3 Å². The number of amides is 2. The second kappa shape index (κ2) is 25.1. The van der Waals surface area contributed by atoms with Gasteiger partial charge in [0.05, 0.1) is 62.6 Å². The number of hydrogen-bond acceptors (Lipinski definition) is 12. The van der Waals surface area contributed by atoms with Crippen LogP contribution in [0.2, 0.25) is 0 Å². The third kappa shape index (κ3) is 14.7. The average Bonchev–Trinajstić information content (AvgIpc) is 3.96. The molecule has 0 bridgehead atoms. The van der Waals surface area contributed by atoms with Gasteiger partial charge in [0.15, 0.2) is 0 Å². The Morgan fingerprint density at radius 1 is 0.441 bits per heavy atom. The lowest BCUT2D eigenvalue weighted by atomic mass is 10.1. The molecule has 16 nitrogen and oxygen atoms in total. The van der Waals surface area contributed by atoms with Gasteiger partial charge in [0, 0.05) is 37.3 Å². The van der Waals surface area contributed by atoms with Crippen LogP contribution in [0.1, 0.15) is 68.0 Å². The number of ether oxygens (including phenoxy) is 6. The number of benzene rings is 5. The van der Waals surface area contributed by atoms with Gasteiger partial charge in [0.2, 0.25) is 20.0 Å². The maximum Gasteiger partial charge on any atom is 0.251 e. The summed E-state index contributed by atoms with van der Waals surface area (Å²) in [5, 5.41) is 5.52. The molecule has 4 N–H and O–H groups in total. The summed E-state index contributed by atoms with van der Waals surface area (Å²) in [4.78, 5) is 25.4. The van der Waals surface area contributed by atoms with Crippen molar-refractivity contribution in [1.82, 2.24) is 20.1 Å². The van der Waals surface area contributed by atoms with Crippen LogP contribution < -0.4 is 29.6 Å². The van der Waals surface area contributed by atoms with E-state index in [9.17, 15) is 26.4 Å². The number of carbonyl (C=O) groups excluding carboxylic acids is 2. The molecule has 5 aromatic carbocycles. The molecule has 0 heterocycles. The van der Waals surface area contributed by atoms with Crippen molar-refractivity contribution in [3.05, 3.63) is 155 Å². The lowest BCUT2D eigenvalue weighted by Gasteiger charge is -2.15. The minimum absolute atomic E-state index is 0.0427. The van der Waals surface area contributed by atoms with Crippen molar-refractivity contribution in [1.29, 1.82) is 0 Å². The number of rotatable bonds is 28. The first-order valence-electron chi connectivity index (χ1n) is 22.7. The number of hydrogen-bond donors (Lipinski definition) is 4. The number of aryl methyl sites for hydroxylation is 2. The smallest absolute Gasteiger partial charge is 0.251 e. The predicted molar refractivity (Wildman–Crippen MR) is 254 cm³/mol. The second-order valence-electron chi connectivity index (χ2n) is 16.0. The minimum Gasteiger partial charge on any atom is -0.486 e. The third-order valence-electron chi connectivity index (χ3n) is 11.3. The summed E-state index contributed by atoms with van der Waals surface area (Å²) in [5.74, 6) is 0.590. The van der Waals surface area contributed by atoms with Crippen LogP contribution in [0, 0.1) is 0 Å². The highest BCUT2D eigenvalue weighted by Gasteiger charge is 2.25. The van der Waals surface area contributed by atoms with E-state index < -0.39 is 20.0 Å². The van der Waals surface area contributed by atoms with Crippen molar-refractivity contribution in [2.24, 2.45) is 0 Å². The average molecular weight is 971 g/mol. The van der Waals surface area contributed by atoms with Gasteiger partial charge in [-0.3, -0.25) is 9.59 Å². The molecule has 0 spiro atoms. The zero-order valence-corrected chi connectivity index (χ0v) is 39.4. The molecule has 2 amide bonds. The van der Waals surface area contributed by atoms with Gasteiger partial charge in [0.1, 0.15) is 23.7 Å². The molecule has 68 heavy (non-hydrogen) atoms. The van der Waals surface area contributed by atoms with E-state index in [2.05, 4.69) is 44.3 Å². The highest BCUT2D eigenvalue weighted by molar-refractivity contribution is 7.89. The molecular weight excluding hydrogens is 913 g/mol. The molecule has 0 radical (unpaired) electrons. The summed E-state index contributed by atoms with van der Waals surface area (Å²) < 4.78 is 90.3. The standard InChI is InChI=1S/C50H58N4O12S2/c55-49(51-25-29-61-33-35-63-31-27-53-67(57,58)43-19-15-41(16-20-43)65-47-23-13-37-5-1-3-7-45(37)47)39-9-11-40(12-10-39)50(56)52-26-30-62-34-36-64-32-28-54-68(59,60)44-21-17-42(18-22-44)66-48-24-14-38-6-2-4-8-46(38)48/h1-12,15-22,47-48,53-54H,13-14,23-36H2,(H,51,55)(H,52,56)/t47-,48-/m1/s1. The summed E-state index contributed by atoms with van der Waals surface area (Å²) in [5.41, 5.74) is 5.67. The molecule has 0 fully saturated rings. The first-order valence-corrected chi connectivity index (χ1v) is 25.7. The zero-order valence-electron chi connectivity index (χ0n) is 37.7. The van der Waals surface area contributed by atoms with Crippen molar-refractivity contribution >= 4 is 31.9 Å². The van der Waals surface area contributed by atoms with Crippen molar-refractivity contribution in [2.45, 2.75) is 47.7 Å². The molecule has 2 aliphatic carbocycles. The van der Waals surface area contributed by atoms with Crippen LogP contribution in [0.5, 0.6) is 11.5 Å². The third-order valence-corrected chi connectivity index (χ3v) is 14.2. The molecule has 5 aromatic rings. The molecule has 7 rings (SSSR count). The molecule has 0 saturated carbocycles. The fourth-order valence-corrected chi connectivity index (χ4v) is 9.79. The number of sulfonamides is 2. The molecule has 2 aliphatic rings. The summed E-state index contributed by atoms with van der Waals surface area (Å²) in [6, 6.07) is 35.4. The molecular formula is C50H58N4O12S2. The SMILES string of the molecule is O=C(NCCOCCOCCNS(=O)(=O)c1ccc(O[C@@H]2CCc3ccccc32)cc1)c1ccc(C(=O)NCCOCCOCCNS(=O)(=O)c2ccc(O[C@@H]3CCc4ccccc43)cc2)cc1. The fraction of sp³-hybridized carbons (Fsp3) is 0.360. The zero-order chi connectivity index (χ0) is 47.6. The van der Waals surface area contributed by atoms with Crippen LogP contribution >= 0.6 is 0 Å². The van der Waals surface area contributed by atoms with E-state index in [-0.39, 0.29) is 113 Å². The first kappa shape index (κ1) is 50.2. The summed E-state index contributed by atoms with van der Waals surface area (Å²) >= 11 is 0. The van der Waals surface area contributed by atoms with Crippen molar-refractivity contribution in [3.63, 3.8) is 0 Å². The normalized spacial score (nSPS) is 15.4. The van der Waals surface area contributed by atoms with Crippen molar-refractivity contribution in [2.75, 3.05) is 79.0 Å². The molecule has 362 valence electrons. The number of fused-ring (bicyclic) bond motifs is 2. The van der Waals surface area contributed by atoms with Gasteiger partial charge in [-0.25, -0.2) is 26.3 Å². The van der Waals surface area contributed by atoms with Gasteiger partial charge < -0.3 is 39.1 Å². The van der Waals surface area contributed by atoms with E-state index in [1.54, 1.807) is 48.5 Å². The summed E-state index contributed by atoms with van der Waals surface area (Å²) in [6.07, 6.45) is 3.60. The Kier molecular flexibility index (Phi) is 18.5. The van der Waals surface area contributed by atoms with Crippen LogP contribution in [0.15, 0.2) is 131 Å². The van der Waals surface area contributed by atoms with Gasteiger partial charge in [-0.2, -0.15) is 0 Å². The van der Waals surface area contributed by atoms with Crippen LogP contribution in [0.4, 0.5) is 0 Å². The van der Waals surface area contributed by atoms with Crippen LogP contribution in [0.3, 0.4) is 0 Å². The van der Waals surface area contributed by atoms with E-state index in [0.29, 0.717) is 22.6 Å². The van der Waals surface area contributed by atoms with Crippen LogP contribution in [-0.2, 0) is 51.8 Å². The van der Waals surface area contributed by atoms with Gasteiger partial charge in [0.25, 0.3) is 11.8 Å². The maximum atomic E-state index is 12.7. The summed E-state index contributed by atoms with van der Waals surface area (Å²) in [7, 11) is -7.44. The highest BCUT2D eigenvalue weighted by Crippen LogP contribution is 2.36. The maximum absolute atomic E-state index is 12.7. The highest BCUT2D eigenvalue weighted by atomic mass is 32.2. The van der Waals surface area contributed by atoms with E-state index >= 15 is 0 Å². The quantitative estimate of drug-likeness (QED) is 0.0472. The monoisotopic (exact) mass is 970 g/mol. The van der Waals surface area contributed by atoms with Crippen LogP contribution in [-0.4, -0.2) is 108 Å².